The molecule has 19 heavy (non-hydrogen) atoms. The average molecular weight is 266 g/mol. The summed E-state index contributed by atoms with van der Waals surface area (Å²) in [6.07, 6.45) is 1.01. The predicted molar refractivity (Wildman–Crippen MR) is 79.0 cm³/mol. The second kappa shape index (κ2) is 8.77. The van der Waals surface area contributed by atoms with E-state index in [0.717, 1.165) is 43.2 Å². The van der Waals surface area contributed by atoms with Gasteiger partial charge in [0.05, 0.1) is 6.61 Å². The van der Waals surface area contributed by atoms with Crippen LogP contribution in [0.4, 0.5) is 0 Å². The Labute approximate surface area is 116 Å². The standard InChI is InChI=1S/C15H26N2O2/c1-5-9-18-14-7-6-13(12-16-2)15(11-14)19-10-8-17(3)4/h6-7,11,16H,5,8-10,12H2,1-4H3. The van der Waals surface area contributed by atoms with E-state index in [2.05, 4.69) is 23.2 Å². The molecule has 0 fully saturated rings. The van der Waals surface area contributed by atoms with E-state index in [4.69, 9.17) is 9.47 Å². The van der Waals surface area contributed by atoms with Gasteiger partial charge >= 0.3 is 0 Å². The van der Waals surface area contributed by atoms with E-state index < -0.39 is 0 Å². The monoisotopic (exact) mass is 266 g/mol. The molecule has 1 aromatic carbocycles. The van der Waals surface area contributed by atoms with Crippen LogP contribution < -0.4 is 14.8 Å². The van der Waals surface area contributed by atoms with Crippen molar-refractivity contribution in [2.45, 2.75) is 19.9 Å². The van der Waals surface area contributed by atoms with Gasteiger partial charge in [0.25, 0.3) is 0 Å². The Kier molecular flexibility index (Phi) is 7.30. The molecule has 4 heteroatoms. The van der Waals surface area contributed by atoms with Crippen LogP contribution in [0.25, 0.3) is 0 Å². The van der Waals surface area contributed by atoms with Gasteiger partial charge in [-0.15, -0.1) is 0 Å². The Morgan fingerprint density at radius 1 is 1.16 bits per heavy atom. The molecular formula is C15H26N2O2. The van der Waals surface area contributed by atoms with Crippen LogP contribution in [0.1, 0.15) is 18.9 Å². The first-order chi connectivity index (χ1) is 9.17. The van der Waals surface area contributed by atoms with E-state index >= 15 is 0 Å². The van der Waals surface area contributed by atoms with Crippen molar-refractivity contribution >= 4 is 0 Å². The number of rotatable bonds is 9. The zero-order valence-electron chi connectivity index (χ0n) is 12.5. The topological polar surface area (TPSA) is 33.7 Å². The van der Waals surface area contributed by atoms with Crippen molar-refractivity contribution in [2.75, 3.05) is 40.9 Å². The molecule has 1 rings (SSSR count). The smallest absolute Gasteiger partial charge is 0.127 e. The lowest BCUT2D eigenvalue weighted by molar-refractivity contribution is 0.256. The van der Waals surface area contributed by atoms with E-state index in [9.17, 15) is 0 Å². The van der Waals surface area contributed by atoms with Gasteiger partial charge in [-0.05, 0) is 33.6 Å². The summed E-state index contributed by atoms with van der Waals surface area (Å²) in [5.41, 5.74) is 1.16. The first-order valence-electron chi connectivity index (χ1n) is 6.85. The summed E-state index contributed by atoms with van der Waals surface area (Å²) in [6, 6.07) is 6.05. The fourth-order valence-corrected chi connectivity index (χ4v) is 1.65. The van der Waals surface area contributed by atoms with Gasteiger partial charge in [-0.2, -0.15) is 0 Å². The molecule has 0 aliphatic rings. The molecule has 0 unspecified atom stereocenters. The van der Waals surface area contributed by atoms with Crippen LogP contribution in [0.5, 0.6) is 11.5 Å². The van der Waals surface area contributed by atoms with Crippen LogP contribution in [-0.4, -0.2) is 45.8 Å². The molecule has 0 spiro atoms. The van der Waals surface area contributed by atoms with Gasteiger partial charge in [0.2, 0.25) is 0 Å². The van der Waals surface area contributed by atoms with E-state index in [-0.39, 0.29) is 0 Å². The number of benzene rings is 1. The van der Waals surface area contributed by atoms with Gasteiger partial charge in [0, 0.05) is 24.7 Å². The molecule has 0 radical (unpaired) electrons. The summed E-state index contributed by atoms with van der Waals surface area (Å²) in [4.78, 5) is 2.11. The van der Waals surface area contributed by atoms with E-state index in [1.54, 1.807) is 0 Å². The minimum atomic E-state index is 0.681. The molecule has 0 aliphatic carbocycles. The van der Waals surface area contributed by atoms with E-state index in [1.807, 2.05) is 33.3 Å². The van der Waals surface area contributed by atoms with Crippen LogP contribution in [0.15, 0.2) is 18.2 Å². The molecule has 1 N–H and O–H groups in total. The second-order valence-electron chi connectivity index (χ2n) is 4.80. The Balaban J connectivity index is 2.70. The summed E-state index contributed by atoms with van der Waals surface area (Å²) < 4.78 is 11.5. The van der Waals surface area contributed by atoms with Crippen molar-refractivity contribution in [1.82, 2.24) is 10.2 Å². The predicted octanol–water partition coefficient (Wildman–Crippen LogP) is 2.14. The van der Waals surface area contributed by atoms with Crippen LogP contribution in [0, 0.1) is 0 Å². The molecule has 0 aromatic heterocycles. The highest BCUT2D eigenvalue weighted by Gasteiger charge is 2.06. The minimum absolute atomic E-state index is 0.681. The van der Waals surface area contributed by atoms with E-state index in [0.29, 0.717) is 6.61 Å². The average Bonchev–Trinajstić information content (AvgIpc) is 2.38. The molecule has 1 aromatic rings. The molecule has 0 bridgehead atoms. The fraction of sp³-hybridized carbons (Fsp3) is 0.600. The Morgan fingerprint density at radius 3 is 2.58 bits per heavy atom. The van der Waals surface area contributed by atoms with Crippen LogP contribution in [0.2, 0.25) is 0 Å². The number of nitrogens with zero attached hydrogens (tertiary/aromatic N) is 1. The van der Waals surface area contributed by atoms with Gasteiger partial charge < -0.3 is 19.7 Å². The third kappa shape index (κ3) is 5.94. The Bertz CT molecular complexity index is 367. The van der Waals surface area contributed by atoms with Crippen LogP contribution in [-0.2, 0) is 6.54 Å². The first kappa shape index (κ1) is 15.8. The molecule has 0 saturated carbocycles. The van der Waals surface area contributed by atoms with Crippen molar-refractivity contribution in [1.29, 1.82) is 0 Å². The maximum absolute atomic E-state index is 5.86. The lowest BCUT2D eigenvalue weighted by atomic mass is 10.2. The van der Waals surface area contributed by atoms with Gasteiger partial charge in [0.15, 0.2) is 0 Å². The molecule has 0 saturated heterocycles. The molecule has 0 atom stereocenters. The quantitative estimate of drug-likeness (QED) is 0.742. The van der Waals surface area contributed by atoms with Crippen LogP contribution >= 0.6 is 0 Å². The summed E-state index contributed by atoms with van der Waals surface area (Å²) in [5, 5.41) is 3.15. The van der Waals surface area contributed by atoms with Gasteiger partial charge in [0.1, 0.15) is 18.1 Å². The number of likely N-dealkylation sites (N-methyl/N-ethyl adjacent to an activating group) is 1. The van der Waals surface area contributed by atoms with Crippen molar-refractivity contribution in [3.63, 3.8) is 0 Å². The maximum Gasteiger partial charge on any atom is 0.127 e. The van der Waals surface area contributed by atoms with Crippen molar-refractivity contribution < 1.29 is 9.47 Å². The lowest BCUT2D eigenvalue weighted by Gasteiger charge is -2.15. The number of hydrogen-bond acceptors (Lipinski definition) is 4. The number of ether oxygens (including phenoxy) is 2. The zero-order valence-corrected chi connectivity index (χ0v) is 12.5. The number of hydrogen-bond donors (Lipinski definition) is 1. The molecule has 108 valence electrons. The van der Waals surface area contributed by atoms with Crippen molar-refractivity contribution in [2.24, 2.45) is 0 Å². The van der Waals surface area contributed by atoms with Crippen molar-refractivity contribution in [3.05, 3.63) is 23.8 Å². The normalized spacial score (nSPS) is 10.8. The number of nitrogens with one attached hydrogen (secondary N) is 1. The molecule has 0 amide bonds. The summed E-state index contributed by atoms with van der Waals surface area (Å²) >= 11 is 0. The molecule has 0 heterocycles. The minimum Gasteiger partial charge on any atom is -0.493 e. The van der Waals surface area contributed by atoms with Crippen molar-refractivity contribution in [3.8, 4) is 11.5 Å². The Morgan fingerprint density at radius 2 is 1.95 bits per heavy atom. The third-order valence-corrected chi connectivity index (χ3v) is 2.67. The molecule has 4 nitrogen and oxygen atoms in total. The summed E-state index contributed by atoms with van der Waals surface area (Å²) in [7, 11) is 6.02. The zero-order chi connectivity index (χ0) is 14.1. The second-order valence-corrected chi connectivity index (χ2v) is 4.80. The van der Waals surface area contributed by atoms with Gasteiger partial charge in [-0.3, -0.25) is 0 Å². The summed E-state index contributed by atoms with van der Waals surface area (Å²) in [6.45, 7) is 5.22. The largest absolute Gasteiger partial charge is 0.493 e. The highest BCUT2D eigenvalue weighted by molar-refractivity contribution is 5.40. The van der Waals surface area contributed by atoms with Gasteiger partial charge in [-0.1, -0.05) is 13.0 Å². The van der Waals surface area contributed by atoms with Crippen LogP contribution in [0.3, 0.4) is 0 Å². The Hall–Kier alpha value is -1.26. The fourth-order valence-electron chi connectivity index (χ4n) is 1.65. The third-order valence-electron chi connectivity index (χ3n) is 2.67. The lowest BCUT2D eigenvalue weighted by Crippen LogP contribution is -2.20. The first-order valence-corrected chi connectivity index (χ1v) is 6.85. The maximum atomic E-state index is 5.86. The van der Waals surface area contributed by atoms with Gasteiger partial charge in [-0.25, -0.2) is 0 Å². The highest BCUT2D eigenvalue weighted by Crippen LogP contribution is 2.25. The SMILES string of the molecule is CCCOc1ccc(CNC)c(OCCN(C)C)c1. The van der Waals surface area contributed by atoms with E-state index in [1.165, 1.54) is 0 Å². The molecule has 0 aliphatic heterocycles. The highest BCUT2D eigenvalue weighted by atomic mass is 16.5. The molecular weight excluding hydrogens is 240 g/mol. The summed E-state index contributed by atoms with van der Waals surface area (Å²) in [5.74, 6) is 1.78.